The summed E-state index contributed by atoms with van der Waals surface area (Å²) in [6.07, 6.45) is -2.43. The maximum Gasteiger partial charge on any atom is 0.187 e. The SMILES string of the molecule is CCCCCCCCCC/C=C/CO[C@@H]1OC(CO)[C@@H](O[C@@H]2OC(CO)[C@H](O)[C@H](O)C2O)[C@H](O)C1O.CCCCCCCCCCCCO[C@@H]1OC(CO)[C@@H](O[C@@H]2OC(CO)[C@H](O)[C@H](O)C2O)[C@H](O)C1O. The zero-order valence-electron chi connectivity index (χ0n) is 41.9. The van der Waals surface area contributed by atoms with Gasteiger partial charge >= 0.3 is 0 Å². The highest BCUT2D eigenvalue weighted by Crippen LogP contribution is 2.32. The van der Waals surface area contributed by atoms with Gasteiger partial charge in [-0.25, -0.2) is 0 Å². The van der Waals surface area contributed by atoms with Crippen LogP contribution in [0.3, 0.4) is 0 Å². The first-order valence-corrected chi connectivity index (χ1v) is 26.3. The first-order chi connectivity index (χ1) is 34.2. The molecule has 4 fully saturated rings. The molecule has 71 heavy (non-hydrogen) atoms. The van der Waals surface area contributed by atoms with Crippen molar-refractivity contribution >= 4 is 0 Å². The molecule has 0 bridgehead atoms. The molecule has 0 amide bonds. The summed E-state index contributed by atoms with van der Waals surface area (Å²) in [6.45, 7) is 2.41. The van der Waals surface area contributed by atoms with Gasteiger partial charge in [0.05, 0.1) is 33.0 Å². The smallest absolute Gasteiger partial charge is 0.187 e. The lowest BCUT2D eigenvalue weighted by atomic mass is 9.97. The summed E-state index contributed by atoms with van der Waals surface area (Å²) in [5.74, 6) is 0. The maximum absolute atomic E-state index is 10.6. The largest absolute Gasteiger partial charge is 0.394 e. The monoisotopic (exact) mass is 1030 g/mol. The molecule has 4 aliphatic rings. The minimum Gasteiger partial charge on any atom is -0.394 e. The van der Waals surface area contributed by atoms with Crippen LogP contribution < -0.4 is 0 Å². The number of hydrogen-bond acceptors (Lipinski definition) is 22. The van der Waals surface area contributed by atoms with Crippen molar-refractivity contribution in [3.63, 3.8) is 0 Å². The highest BCUT2D eigenvalue weighted by atomic mass is 16.8. The highest BCUT2D eigenvalue weighted by Gasteiger charge is 2.52. The second-order valence-corrected chi connectivity index (χ2v) is 19.1. The Morgan fingerprint density at radius 3 is 1.07 bits per heavy atom. The second kappa shape index (κ2) is 36.0. The van der Waals surface area contributed by atoms with Crippen molar-refractivity contribution in [3.8, 4) is 0 Å². The minimum atomic E-state index is -1.70. The van der Waals surface area contributed by atoms with E-state index in [1.54, 1.807) is 0 Å². The molecule has 22 nitrogen and oxygen atoms in total. The van der Waals surface area contributed by atoms with Gasteiger partial charge in [-0.2, -0.15) is 0 Å². The van der Waals surface area contributed by atoms with E-state index in [1.165, 1.54) is 89.9 Å². The number of ether oxygens (including phenoxy) is 8. The Morgan fingerprint density at radius 1 is 0.338 bits per heavy atom. The lowest BCUT2D eigenvalue weighted by molar-refractivity contribution is -0.359. The van der Waals surface area contributed by atoms with Gasteiger partial charge in [0.1, 0.15) is 97.7 Å². The standard InChI is InChI=1S/C25H46O11.C24H46O11/c1-2-3-4-5-6-7-8-9-10-11-12-13-33-24-22(32)20(30)23(17(15-27)35-24)36-25-21(31)19(29)18(28)16(14-26)34-25;1-2-3-4-5-6-7-8-9-10-11-12-32-23-21(31)19(29)22(16(14-26)34-23)35-24-20(30)18(28)17(27)15(13-25)33-24/h11-12,16-32H,2-10,13-15H2,1H3;15-31H,2-14H2,1H3/b12-11+;/t16?,17?,18-,19-,20+,21?,22?,23+,24+,25-;15?,16?,17-,18-,19+,20?,21?,22+,23+,24-/m00/s1. The van der Waals surface area contributed by atoms with Gasteiger partial charge in [-0.1, -0.05) is 129 Å². The molecule has 4 rings (SSSR count). The van der Waals surface area contributed by atoms with Crippen LogP contribution in [0.5, 0.6) is 0 Å². The number of aliphatic hydroxyl groups excluding tert-OH is 14. The predicted octanol–water partition coefficient (Wildman–Crippen LogP) is -0.738. The summed E-state index contributed by atoms with van der Waals surface area (Å²) in [6, 6.07) is 0. The fourth-order valence-electron chi connectivity index (χ4n) is 8.91. The Balaban J connectivity index is 0.000000375. The lowest BCUT2D eigenvalue weighted by Crippen LogP contribution is -2.64. The van der Waals surface area contributed by atoms with Gasteiger partial charge in [-0.3, -0.25) is 0 Å². The van der Waals surface area contributed by atoms with E-state index in [1.807, 2.05) is 12.2 Å². The normalized spacial score (nSPS) is 37.8. The third-order valence-corrected chi connectivity index (χ3v) is 13.4. The molecule has 0 aliphatic carbocycles. The number of rotatable bonds is 32. The summed E-state index contributed by atoms with van der Waals surface area (Å²) in [7, 11) is 0. The average molecular weight is 1030 g/mol. The fraction of sp³-hybridized carbons (Fsp3) is 0.959. The van der Waals surface area contributed by atoms with Crippen molar-refractivity contribution in [2.75, 3.05) is 39.6 Å². The molecule has 0 radical (unpaired) electrons. The first kappa shape index (κ1) is 64.1. The Labute approximate surface area is 419 Å². The summed E-state index contributed by atoms with van der Waals surface area (Å²) in [5, 5.41) is 140. The molecule has 4 heterocycles. The zero-order chi connectivity index (χ0) is 52.3. The van der Waals surface area contributed by atoms with Gasteiger partial charge in [-0.05, 0) is 19.3 Å². The van der Waals surface area contributed by atoms with Crippen LogP contribution in [0.15, 0.2) is 12.2 Å². The van der Waals surface area contributed by atoms with Gasteiger partial charge in [0.15, 0.2) is 25.2 Å². The molecule has 0 spiro atoms. The van der Waals surface area contributed by atoms with E-state index in [0.717, 1.165) is 32.1 Å². The van der Waals surface area contributed by atoms with Crippen LogP contribution in [-0.2, 0) is 37.9 Å². The molecule has 8 unspecified atom stereocenters. The maximum atomic E-state index is 10.6. The first-order valence-electron chi connectivity index (χ1n) is 26.3. The van der Waals surface area contributed by atoms with E-state index in [0.29, 0.717) is 6.61 Å². The Bertz CT molecular complexity index is 1350. The minimum absolute atomic E-state index is 0.141. The van der Waals surface area contributed by atoms with Gasteiger partial charge in [0, 0.05) is 6.61 Å². The van der Waals surface area contributed by atoms with E-state index in [4.69, 9.17) is 37.9 Å². The molecular weight excluding hydrogens is 941 g/mol. The van der Waals surface area contributed by atoms with Crippen LogP contribution in [0.25, 0.3) is 0 Å². The predicted molar refractivity (Wildman–Crippen MR) is 253 cm³/mol. The Morgan fingerprint density at radius 2 is 0.676 bits per heavy atom. The Hall–Kier alpha value is -1.14. The van der Waals surface area contributed by atoms with E-state index < -0.39 is 149 Å². The summed E-state index contributed by atoms with van der Waals surface area (Å²) in [5.41, 5.74) is 0. The molecule has 420 valence electrons. The zero-order valence-corrected chi connectivity index (χ0v) is 41.9. The summed E-state index contributed by atoms with van der Waals surface area (Å²) in [4.78, 5) is 0. The third kappa shape index (κ3) is 20.7. The van der Waals surface area contributed by atoms with Gasteiger partial charge in [-0.15, -0.1) is 0 Å². The molecule has 20 atom stereocenters. The molecule has 0 aromatic carbocycles. The van der Waals surface area contributed by atoms with E-state index >= 15 is 0 Å². The second-order valence-electron chi connectivity index (χ2n) is 19.1. The van der Waals surface area contributed by atoms with Crippen LogP contribution in [-0.4, -0.2) is 234 Å². The van der Waals surface area contributed by atoms with Crippen molar-refractivity contribution in [3.05, 3.63) is 12.2 Å². The molecule has 0 aromatic rings. The highest BCUT2D eigenvalue weighted by molar-refractivity contribution is 4.96. The number of unbranched alkanes of at least 4 members (excludes halogenated alkanes) is 17. The summed E-state index contributed by atoms with van der Waals surface area (Å²) < 4.78 is 43.9. The molecule has 22 heteroatoms. The van der Waals surface area contributed by atoms with Crippen molar-refractivity contribution in [1.82, 2.24) is 0 Å². The number of hydrogen-bond donors (Lipinski definition) is 14. The number of allylic oxidation sites excluding steroid dienone is 1. The van der Waals surface area contributed by atoms with E-state index in [2.05, 4.69) is 13.8 Å². The quantitative estimate of drug-likeness (QED) is 0.0291. The van der Waals surface area contributed by atoms with Gasteiger partial charge in [0.2, 0.25) is 0 Å². The molecule has 14 N–H and O–H groups in total. The fourth-order valence-corrected chi connectivity index (χ4v) is 8.91. The molecule has 0 aromatic heterocycles. The van der Waals surface area contributed by atoms with E-state index in [9.17, 15) is 71.5 Å². The van der Waals surface area contributed by atoms with Crippen molar-refractivity contribution in [2.24, 2.45) is 0 Å². The van der Waals surface area contributed by atoms with Gasteiger partial charge in [0.25, 0.3) is 0 Å². The van der Waals surface area contributed by atoms with Crippen molar-refractivity contribution in [2.45, 2.75) is 259 Å². The van der Waals surface area contributed by atoms with Crippen molar-refractivity contribution in [1.29, 1.82) is 0 Å². The van der Waals surface area contributed by atoms with Crippen LogP contribution in [0.4, 0.5) is 0 Å². The molecular formula is C49H92O22. The molecule has 4 aliphatic heterocycles. The molecule has 0 saturated carbocycles. The van der Waals surface area contributed by atoms with Crippen LogP contribution in [0.2, 0.25) is 0 Å². The Kier molecular flexibility index (Phi) is 32.5. The van der Waals surface area contributed by atoms with Crippen LogP contribution in [0.1, 0.15) is 136 Å². The van der Waals surface area contributed by atoms with Crippen LogP contribution >= 0.6 is 0 Å². The molecule has 4 saturated heterocycles. The third-order valence-electron chi connectivity index (χ3n) is 13.4. The summed E-state index contributed by atoms with van der Waals surface area (Å²) >= 11 is 0. The van der Waals surface area contributed by atoms with Gasteiger partial charge < -0.3 is 109 Å². The lowest BCUT2D eigenvalue weighted by Gasteiger charge is -2.45. The average Bonchev–Trinajstić information content (AvgIpc) is 3.37. The van der Waals surface area contributed by atoms with E-state index in [-0.39, 0.29) is 6.61 Å². The topological polar surface area (TPSA) is 357 Å². The number of aliphatic hydroxyl groups is 14. The van der Waals surface area contributed by atoms with Crippen LogP contribution in [0, 0.1) is 0 Å². The van der Waals surface area contributed by atoms with Crippen molar-refractivity contribution < 1.29 is 109 Å².